The van der Waals surface area contributed by atoms with Gasteiger partial charge in [-0.05, 0) is 44.0 Å². The molecule has 1 unspecified atom stereocenters. The molecule has 2 aliphatic rings. The second-order valence-electron chi connectivity index (χ2n) is 6.88. The molecule has 2 aliphatic heterocycles. The molecular formula is C18H22N4O5S. The first-order valence-corrected chi connectivity index (χ1v) is 10.7. The maximum absolute atomic E-state index is 13.0. The fraction of sp³-hybridized carbons (Fsp3) is 0.500. The summed E-state index contributed by atoms with van der Waals surface area (Å²) in [4.78, 5) is 19.1. The molecule has 1 aromatic carbocycles. The smallest absolute Gasteiger partial charge is 0.254 e. The van der Waals surface area contributed by atoms with E-state index in [1.807, 2.05) is 0 Å². The van der Waals surface area contributed by atoms with E-state index in [9.17, 15) is 13.2 Å². The first kappa shape index (κ1) is 19.0. The van der Waals surface area contributed by atoms with Gasteiger partial charge in [0.05, 0.1) is 18.1 Å². The number of hydrogen-bond donors (Lipinski definition) is 0. The third-order valence-corrected chi connectivity index (χ3v) is 6.96. The van der Waals surface area contributed by atoms with Gasteiger partial charge in [-0.15, -0.1) is 0 Å². The lowest BCUT2D eigenvalue weighted by atomic mass is 10.1. The number of morpholine rings is 1. The van der Waals surface area contributed by atoms with Gasteiger partial charge in [0.2, 0.25) is 15.9 Å². The van der Waals surface area contributed by atoms with E-state index in [0.29, 0.717) is 50.1 Å². The third kappa shape index (κ3) is 3.54. The highest BCUT2D eigenvalue weighted by Gasteiger charge is 2.34. The number of nitrogens with zero attached hydrogens (tertiary/aromatic N) is 4. The largest absolute Gasteiger partial charge is 0.379 e. The van der Waals surface area contributed by atoms with Crippen LogP contribution in [0, 0.1) is 6.92 Å². The zero-order valence-corrected chi connectivity index (χ0v) is 16.4. The monoisotopic (exact) mass is 406 g/mol. The normalized spacial score (nSPS) is 21.2. The summed E-state index contributed by atoms with van der Waals surface area (Å²) >= 11 is 0. The Hall–Kier alpha value is -2.30. The number of benzene rings is 1. The van der Waals surface area contributed by atoms with Crippen molar-refractivity contribution < 1.29 is 22.5 Å². The summed E-state index contributed by atoms with van der Waals surface area (Å²) in [6.07, 6.45) is 1.61. The fourth-order valence-corrected chi connectivity index (χ4v) is 4.99. The molecule has 0 N–H and O–H groups in total. The van der Waals surface area contributed by atoms with Gasteiger partial charge in [-0.1, -0.05) is 5.16 Å². The number of hydrogen-bond acceptors (Lipinski definition) is 7. The lowest BCUT2D eigenvalue weighted by Gasteiger charge is -2.26. The molecular weight excluding hydrogens is 384 g/mol. The molecule has 1 atom stereocenters. The average molecular weight is 406 g/mol. The van der Waals surface area contributed by atoms with Crippen LogP contribution < -0.4 is 0 Å². The fourth-order valence-electron chi connectivity index (χ4n) is 3.59. The molecule has 150 valence electrons. The van der Waals surface area contributed by atoms with E-state index < -0.39 is 10.0 Å². The third-order valence-electron chi connectivity index (χ3n) is 5.05. The summed E-state index contributed by atoms with van der Waals surface area (Å²) in [5.74, 6) is 0.801. The van der Waals surface area contributed by atoms with Crippen LogP contribution in [0.1, 0.15) is 41.0 Å². The molecule has 2 saturated heterocycles. The molecule has 9 nitrogen and oxygen atoms in total. The van der Waals surface area contributed by atoms with Crippen molar-refractivity contribution in [3.05, 3.63) is 41.5 Å². The Labute approximate surface area is 163 Å². The second-order valence-corrected chi connectivity index (χ2v) is 8.82. The zero-order chi connectivity index (χ0) is 19.7. The Bertz CT molecular complexity index is 951. The lowest BCUT2D eigenvalue weighted by molar-refractivity contribution is 0.0710. The van der Waals surface area contributed by atoms with Crippen LogP contribution in [-0.2, 0) is 14.8 Å². The molecule has 10 heteroatoms. The minimum Gasteiger partial charge on any atom is -0.379 e. The molecule has 2 aromatic rings. The van der Waals surface area contributed by atoms with Crippen LogP contribution in [0.4, 0.5) is 0 Å². The lowest BCUT2D eigenvalue weighted by Crippen LogP contribution is -2.40. The van der Waals surface area contributed by atoms with Crippen LogP contribution in [0.5, 0.6) is 0 Å². The first-order chi connectivity index (χ1) is 13.5. The number of carbonyl (C=O) groups excluding carboxylic acids is 1. The van der Waals surface area contributed by atoms with E-state index >= 15 is 0 Å². The van der Waals surface area contributed by atoms with E-state index in [2.05, 4.69) is 10.1 Å². The van der Waals surface area contributed by atoms with Crippen molar-refractivity contribution in [1.29, 1.82) is 0 Å². The van der Waals surface area contributed by atoms with Crippen molar-refractivity contribution >= 4 is 15.9 Å². The van der Waals surface area contributed by atoms with Gasteiger partial charge in [0, 0.05) is 25.2 Å². The minimum atomic E-state index is -3.58. The number of rotatable bonds is 4. The topological polar surface area (TPSA) is 106 Å². The summed E-state index contributed by atoms with van der Waals surface area (Å²) in [6, 6.07) is 5.85. The van der Waals surface area contributed by atoms with E-state index in [1.165, 1.54) is 16.4 Å². The van der Waals surface area contributed by atoms with Gasteiger partial charge in [0.1, 0.15) is 6.04 Å². The first-order valence-electron chi connectivity index (χ1n) is 9.26. The zero-order valence-electron chi connectivity index (χ0n) is 15.6. The predicted molar refractivity (Wildman–Crippen MR) is 98.1 cm³/mol. The van der Waals surface area contributed by atoms with Gasteiger partial charge in [-0.2, -0.15) is 9.29 Å². The predicted octanol–water partition coefficient (Wildman–Crippen LogP) is 1.38. The summed E-state index contributed by atoms with van der Waals surface area (Å²) in [5, 5.41) is 3.81. The summed E-state index contributed by atoms with van der Waals surface area (Å²) < 4.78 is 37.3. The van der Waals surface area contributed by atoms with Crippen molar-refractivity contribution in [2.45, 2.75) is 30.7 Å². The second kappa shape index (κ2) is 7.61. The number of carbonyl (C=O) groups is 1. The molecule has 0 bridgehead atoms. The van der Waals surface area contributed by atoms with E-state index in [4.69, 9.17) is 9.26 Å². The van der Waals surface area contributed by atoms with Gasteiger partial charge in [0.25, 0.3) is 5.91 Å². The van der Waals surface area contributed by atoms with Crippen LogP contribution >= 0.6 is 0 Å². The van der Waals surface area contributed by atoms with Crippen LogP contribution in [0.2, 0.25) is 0 Å². The van der Waals surface area contributed by atoms with Gasteiger partial charge < -0.3 is 14.2 Å². The van der Waals surface area contributed by atoms with Crippen molar-refractivity contribution in [1.82, 2.24) is 19.3 Å². The van der Waals surface area contributed by atoms with Crippen molar-refractivity contribution in [2.75, 3.05) is 32.8 Å². The molecule has 2 fully saturated rings. The number of ether oxygens (including phenoxy) is 1. The van der Waals surface area contributed by atoms with Crippen LogP contribution in [0.25, 0.3) is 0 Å². The highest BCUT2D eigenvalue weighted by molar-refractivity contribution is 7.89. The van der Waals surface area contributed by atoms with E-state index in [0.717, 1.165) is 12.8 Å². The number of amides is 1. The number of aromatic nitrogens is 2. The van der Waals surface area contributed by atoms with E-state index in [1.54, 1.807) is 24.0 Å². The Morgan fingerprint density at radius 2 is 1.86 bits per heavy atom. The summed E-state index contributed by atoms with van der Waals surface area (Å²) in [5.41, 5.74) is 0.434. The average Bonchev–Trinajstić information content (AvgIpc) is 3.37. The van der Waals surface area contributed by atoms with Crippen molar-refractivity contribution in [2.24, 2.45) is 0 Å². The standard InChI is InChI=1S/C18H22N4O5S/c1-13-19-17(27-20-13)16-3-2-8-22(16)18(23)14-4-6-15(7-5-14)28(24,25)21-9-11-26-12-10-21/h4-7,16H,2-3,8-12H2,1H3. The quantitative estimate of drug-likeness (QED) is 0.755. The van der Waals surface area contributed by atoms with Gasteiger partial charge in [-0.25, -0.2) is 8.42 Å². The molecule has 4 rings (SSSR count). The summed E-state index contributed by atoms with van der Waals surface area (Å²) in [6.45, 7) is 3.78. The molecule has 0 saturated carbocycles. The SMILES string of the molecule is Cc1noc(C2CCCN2C(=O)c2ccc(S(=O)(=O)N3CCOCC3)cc2)n1. The maximum atomic E-state index is 13.0. The van der Waals surface area contributed by atoms with Crippen molar-refractivity contribution in [3.63, 3.8) is 0 Å². The number of aryl methyl sites for hydroxylation is 1. The van der Waals surface area contributed by atoms with Gasteiger partial charge >= 0.3 is 0 Å². The highest BCUT2D eigenvalue weighted by Crippen LogP contribution is 2.32. The Kier molecular flexibility index (Phi) is 5.17. The van der Waals surface area contributed by atoms with E-state index in [-0.39, 0.29) is 16.8 Å². The number of likely N-dealkylation sites (tertiary alicyclic amines) is 1. The van der Waals surface area contributed by atoms with Crippen molar-refractivity contribution in [3.8, 4) is 0 Å². The Morgan fingerprint density at radius 3 is 2.50 bits per heavy atom. The Morgan fingerprint density at radius 1 is 1.14 bits per heavy atom. The molecule has 28 heavy (non-hydrogen) atoms. The molecule has 1 aromatic heterocycles. The Balaban J connectivity index is 1.52. The van der Waals surface area contributed by atoms with Crippen LogP contribution in [0.3, 0.4) is 0 Å². The highest BCUT2D eigenvalue weighted by atomic mass is 32.2. The molecule has 1 amide bonds. The minimum absolute atomic E-state index is 0.173. The maximum Gasteiger partial charge on any atom is 0.254 e. The summed E-state index contributed by atoms with van der Waals surface area (Å²) in [7, 11) is -3.58. The van der Waals surface area contributed by atoms with Crippen LogP contribution in [-0.4, -0.2) is 66.5 Å². The van der Waals surface area contributed by atoms with Gasteiger partial charge in [0.15, 0.2) is 5.82 Å². The molecule has 0 aliphatic carbocycles. The molecule has 3 heterocycles. The van der Waals surface area contributed by atoms with Gasteiger partial charge in [-0.3, -0.25) is 4.79 Å². The van der Waals surface area contributed by atoms with Crippen LogP contribution in [0.15, 0.2) is 33.7 Å². The molecule has 0 radical (unpaired) electrons. The molecule has 0 spiro atoms. The number of sulfonamides is 1.